The van der Waals surface area contributed by atoms with E-state index in [1.165, 1.54) is 0 Å². The second-order valence-corrected chi connectivity index (χ2v) is 12.4. The monoisotopic (exact) mass is 483 g/mol. The van der Waals surface area contributed by atoms with Gasteiger partial charge in [0.1, 0.15) is 5.78 Å². The quantitative estimate of drug-likeness (QED) is 0.610. The highest BCUT2D eigenvalue weighted by atomic mass is 32.2. The highest BCUT2D eigenvalue weighted by Crippen LogP contribution is 2.64. The molecule has 0 saturated heterocycles. The Morgan fingerprint density at radius 2 is 1.74 bits per heavy atom. The topological polar surface area (TPSA) is 72.9 Å². The number of hydrogen-bond acceptors (Lipinski definition) is 5. The van der Waals surface area contributed by atoms with Crippen molar-refractivity contribution in [3.63, 3.8) is 0 Å². The van der Waals surface area contributed by atoms with Crippen molar-refractivity contribution in [2.75, 3.05) is 26.5 Å². The molecule has 2 aromatic rings. The molecule has 3 unspecified atom stereocenters. The van der Waals surface area contributed by atoms with Crippen LogP contribution in [-0.2, 0) is 21.2 Å². The molecule has 2 bridgehead atoms. The van der Waals surface area contributed by atoms with Crippen molar-refractivity contribution in [2.45, 2.75) is 45.6 Å². The molecule has 1 aliphatic heterocycles. The number of nitrogens with zero attached hydrogens (tertiary/aromatic N) is 1. The Morgan fingerprint density at radius 3 is 2.32 bits per heavy atom. The SMILES string of the molecule is COc1cc2c(cc1OC)C(c1ccccc1)N(S(=O)(=O)CC13CCC(CC1=O)C3(C)C)CC2. The number of sulfonamides is 1. The van der Waals surface area contributed by atoms with Crippen LogP contribution >= 0.6 is 0 Å². The summed E-state index contributed by atoms with van der Waals surface area (Å²) in [6.45, 7) is 4.53. The molecule has 34 heavy (non-hydrogen) atoms. The molecule has 2 aromatic carbocycles. The third-order valence-electron chi connectivity index (χ3n) is 8.87. The highest BCUT2D eigenvalue weighted by molar-refractivity contribution is 7.89. The van der Waals surface area contributed by atoms with E-state index in [0.717, 1.165) is 23.1 Å². The Morgan fingerprint density at radius 1 is 1.06 bits per heavy atom. The molecule has 5 rings (SSSR count). The van der Waals surface area contributed by atoms with Gasteiger partial charge >= 0.3 is 0 Å². The third kappa shape index (κ3) is 3.31. The molecular weight excluding hydrogens is 450 g/mol. The first-order valence-corrected chi connectivity index (χ1v) is 13.6. The summed E-state index contributed by atoms with van der Waals surface area (Å²) in [6.07, 6.45) is 2.67. The van der Waals surface area contributed by atoms with E-state index in [1.807, 2.05) is 42.5 Å². The molecular formula is C27H33NO5S. The lowest BCUT2D eigenvalue weighted by Crippen LogP contribution is -2.49. The van der Waals surface area contributed by atoms with Crippen molar-refractivity contribution >= 4 is 15.8 Å². The summed E-state index contributed by atoms with van der Waals surface area (Å²) in [7, 11) is -0.559. The smallest absolute Gasteiger partial charge is 0.215 e. The molecule has 0 aromatic heterocycles. The van der Waals surface area contributed by atoms with Crippen molar-refractivity contribution in [3.8, 4) is 11.5 Å². The fraction of sp³-hybridized carbons (Fsp3) is 0.519. The molecule has 2 fully saturated rings. The van der Waals surface area contributed by atoms with Gasteiger partial charge in [0.25, 0.3) is 0 Å². The molecule has 6 nitrogen and oxygen atoms in total. The predicted molar refractivity (Wildman–Crippen MR) is 131 cm³/mol. The fourth-order valence-corrected chi connectivity index (χ4v) is 9.10. The van der Waals surface area contributed by atoms with E-state index in [9.17, 15) is 13.2 Å². The van der Waals surface area contributed by atoms with Crippen molar-refractivity contribution in [3.05, 3.63) is 59.2 Å². The number of Topliss-reactive ketones (excluding diaryl/α,β-unsaturated/α-hetero) is 1. The molecule has 2 aliphatic carbocycles. The number of benzene rings is 2. The third-order valence-corrected chi connectivity index (χ3v) is 10.8. The zero-order valence-electron chi connectivity index (χ0n) is 20.3. The van der Waals surface area contributed by atoms with E-state index in [0.29, 0.717) is 37.3 Å². The summed E-state index contributed by atoms with van der Waals surface area (Å²) in [5.74, 6) is 1.49. The Balaban J connectivity index is 1.60. The Hall–Kier alpha value is -2.38. The summed E-state index contributed by atoms with van der Waals surface area (Å²) >= 11 is 0. The summed E-state index contributed by atoms with van der Waals surface area (Å²) in [5, 5.41) is 0. The zero-order chi connectivity index (χ0) is 24.3. The number of fused-ring (bicyclic) bond motifs is 3. The van der Waals surface area contributed by atoms with Gasteiger partial charge in [0, 0.05) is 18.4 Å². The first-order valence-electron chi connectivity index (χ1n) is 12.0. The number of ketones is 1. The molecule has 0 radical (unpaired) electrons. The van der Waals surface area contributed by atoms with Gasteiger partial charge in [0.05, 0.1) is 26.0 Å². The number of rotatable bonds is 6. The molecule has 182 valence electrons. The van der Waals surface area contributed by atoms with Crippen LogP contribution in [-0.4, -0.2) is 45.0 Å². The molecule has 3 aliphatic rings. The molecule has 0 N–H and O–H groups in total. The largest absolute Gasteiger partial charge is 0.493 e. The van der Waals surface area contributed by atoms with E-state index in [1.54, 1.807) is 18.5 Å². The van der Waals surface area contributed by atoms with Gasteiger partial charge in [-0.2, -0.15) is 4.31 Å². The van der Waals surface area contributed by atoms with E-state index in [-0.39, 0.29) is 22.9 Å². The Labute approximate surface area is 202 Å². The first kappa shape index (κ1) is 23.4. The second-order valence-electron chi connectivity index (χ2n) is 10.5. The average Bonchev–Trinajstić information content (AvgIpc) is 3.17. The standard InChI is InChI=1S/C27H33NO5S/c1-26(2)20-10-12-27(26,24(29)15-20)17-34(30,31)28-13-11-19-14-22(32-3)23(33-4)16-21(19)25(28)18-8-6-5-7-9-18/h5-9,14,16,20,25H,10-13,15,17H2,1-4H3. The van der Waals surface area contributed by atoms with Crippen LogP contribution in [0.3, 0.4) is 0 Å². The van der Waals surface area contributed by atoms with Crippen LogP contribution in [0.25, 0.3) is 0 Å². The van der Waals surface area contributed by atoms with Gasteiger partial charge in [-0.15, -0.1) is 0 Å². The van der Waals surface area contributed by atoms with E-state index in [2.05, 4.69) is 13.8 Å². The van der Waals surface area contributed by atoms with Gasteiger partial charge in [0.15, 0.2) is 11.5 Å². The summed E-state index contributed by atoms with van der Waals surface area (Å²) in [5.41, 5.74) is 1.75. The maximum absolute atomic E-state index is 14.1. The fourth-order valence-electron chi connectivity index (χ4n) is 6.71. The van der Waals surface area contributed by atoms with E-state index in [4.69, 9.17) is 9.47 Å². The average molecular weight is 484 g/mol. The summed E-state index contributed by atoms with van der Waals surface area (Å²) in [4.78, 5) is 13.1. The number of methoxy groups -OCH3 is 2. The van der Waals surface area contributed by atoms with Crippen LogP contribution in [0.1, 0.15) is 55.8 Å². The van der Waals surface area contributed by atoms with Crippen LogP contribution in [0, 0.1) is 16.7 Å². The summed E-state index contributed by atoms with van der Waals surface area (Å²) < 4.78 is 41.0. The van der Waals surface area contributed by atoms with Crippen LogP contribution in [0.5, 0.6) is 11.5 Å². The number of carbonyl (C=O) groups is 1. The van der Waals surface area contributed by atoms with Gasteiger partial charge in [-0.1, -0.05) is 44.2 Å². The van der Waals surface area contributed by atoms with Gasteiger partial charge < -0.3 is 9.47 Å². The van der Waals surface area contributed by atoms with Gasteiger partial charge in [-0.25, -0.2) is 8.42 Å². The van der Waals surface area contributed by atoms with E-state index < -0.39 is 21.5 Å². The van der Waals surface area contributed by atoms with Crippen LogP contribution in [0.15, 0.2) is 42.5 Å². The molecule has 7 heteroatoms. The molecule has 3 atom stereocenters. The Kier molecular flexibility index (Phi) is 5.56. The van der Waals surface area contributed by atoms with Crippen molar-refractivity contribution < 1.29 is 22.7 Å². The zero-order valence-corrected chi connectivity index (χ0v) is 21.2. The van der Waals surface area contributed by atoms with Crippen molar-refractivity contribution in [1.82, 2.24) is 4.31 Å². The lowest BCUT2D eigenvalue weighted by molar-refractivity contribution is -0.128. The van der Waals surface area contributed by atoms with Crippen LogP contribution in [0.4, 0.5) is 0 Å². The Bertz CT molecular complexity index is 1220. The van der Waals surface area contributed by atoms with Crippen LogP contribution < -0.4 is 9.47 Å². The molecule has 0 spiro atoms. The van der Waals surface area contributed by atoms with Gasteiger partial charge in [-0.3, -0.25) is 4.79 Å². The molecule has 0 amide bonds. The second kappa shape index (κ2) is 8.09. The van der Waals surface area contributed by atoms with Gasteiger partial charge in [0.2, 0.25) is 10.0 Å². The molecule has 1 heterocycles. The highest BCUT2D eigenvalue weighted by Gasteiger charge is 2.65. The normalized spacial score (nSPS) is 28.1. The maximum atomic E-state index is 14.1. The maximum Gasteiger partial charge on any atom is 0.215 e. The lowest BCUT2D eigenvalue weighted by Gasteiger charge is -2.41. The number of hydrogen-bond donors (Lipinski definition) is 0. The van der Waals surface area contributed by atoms with E-state index >= 15 is 0 Å². The minimum absolute atomic E-state index is 0.117. The first-order chi connectivity index (χ1) is 16.1. The van der Waals surface area contributed by atoms with Crippen molar-refractivity contribution in [1.29, 1.82) is 0 Å². The van der Waals surface area contributed by atoms with Crippen LogP contribution in [0.2, 0.25) is 0 Å². The predicted octanol–water partition coefficient (Wildman–Crippen LogP) is 4.38. The minimum Gasteiger partial charge on any atom is -0.493 e. The lowest BCUT2D eigenvalue weighted by atomic mass is 9.70. The van der Waals surface area contributed by atoms with Crippen molar-refractivity contribution in [2.24, 2.45) is 16.7 Å². The number of ether oxygens (including phenoxy) is 2. The van der Waals surface area contributed by atoms with Gasteiger partial charge in [-0.05, 0) is 59.4 Å². The number of carbonyl (C=O) groups excluding carboxylic acids is 1. The summed E-state index contributed by atoms with van der Waals surface area (Å²) in [6, 6.07) is 13.1. The molecule has 2 saturated carbocycles. The minimum atomic E-state index is -3.75.